The maximum absolute atomic E-state index is 13.2. The van der Waals surface area contributed by atoms with Crippen molar-refractivity contribution in [2.75, 3.05) is 18.6 Å². The van der Waals surface area contributed by atoms with Crippen molar-refractivity contribution in [3.63, 3.8) is 0 Å². The fraction of sp³-hybridized carbons (Fsp3) is 0.238. The van der Waals surface area contributed by atoms with Gasteiger partial charge in [-0.2, -0.15) is 16.7 Å². The normalized spacial score (nSPS) is 18.9. The van der Waals surface area contributed by atoms with Crippen LogP contribution in [0.3, 0.4) is 0 Å². The van der Waals surface area contributed by atoms with E-state index in [0.29, 0.717) is 17.9 Å². The standard InChI is InChI=1S/C21H19FN4O3S/c1-30-12-17-19(27)23-16(13-5-3-2-4-6-13)11-26(17)21(28)18-24-20(29-25-18)14-7-9-15(22)10-8-14/h2-10,16-17H,11-12H2,1H3,(H,23,27). The molecule has 30 heavy (non-hydrogen) atoms. The minimum Gasteiger partial charge on any atom is -0.346 e. The number of piperazine rings is 1. The molecule has 1 aromatic heterocycles. The van der Waals surface area contributed by atoms with Crippen molar-refractivity contribution in [2.24, 2.45) is 0 Å². The molecule has 2 amide bonds. The molecule has 1 aliphatic heterocycles. The average molecular weight is 426 g/mol. The first kappa shape index (κ1) is 20.1. The predicted octanol–water partition coefficient (Wildman–Crippen LogP) is 2.92. The van der Waals surface area contributed by atoms with Crippen molar-refractivity contribution in [2.45, 2.75) is 12.1 Å². The first-order chi connectivity index (χ1) is 14.6. The molecule has 0 bridgehead atoms. The summed E-state index contributed by atoms with van der Waals surface area (Å²) in [6, 6.07) is 14.0. The number of benzene rings is 2. The molecule has 1 aliphatic rings. The summed E-state index contributed by atoms with van der Waals surface area (Å²) in [7, 11) is 0. The maximum atomic E-state index is 13.2. The lowest BCUT2D eigenvalue weighted by Gasteiger charge is -2.38. The van der Waals surface area contributed by atoms with Crippen LogP contribution in [-0.4, -0.2) is 51.5 Å². The third-order valence-corrected chi connectivity index (χ3v) is 5.52. The Bertz CT molecular complexity index is 1040. The van der Waals surface area contributed by atoms with Crippen molar-refractivity contribution in [3.8, 4) is 11.5 Å². The van der Waals surface area contributed by atoms with Gasteiger partial charge in [0.05, 0.1) is 6.04 Å². The lowest BCUT2D eigenvalue weighted by atomic mass is 10.0. The first-order valence-corrected chi connectivity index (χ1v) is 10.7. The van der Waals surface area contributed by atoms with E-state index >= 15 is 0 Å². The summed E-state index contributed by atoms with van der Waals surface area (Å²) in [6.07, 6.45) is 1.88. The zero-order valence-corrected chi connectivity index (χ0v) is 16.9. The lowest BCUT2D eigenvalue weighted by Crippen LogP contribution is -2.59. The molecular formula is C21H19FN4O3S. The topological polar surface area (TPSA) is 88.3 Å². The number of nitrogens with zero attached hydrogens (tertiary/aromatic N) is 3. The summed E-state index contributed by atoms with van der Waals surface area (Å²) < 4.78 is 18.3. The Balaban J connectivity index is 1.61. The van der Waals surface area contributed by atoms with E-state index in [2.05, 4.69) is 15.5 Å². The Kier molecular flexibility index (Phi) is 5.80. The molecule has 2 atom stereocenters. The number of hydrogen-bond donors (Lipinski definition) is 1. The average Bonchev–Trinajstić information content (AvgIpc) is 3.26. The fourth-order valence-electron chi connectivity index (χ4n) is 3.35. The maximum Gasteiger partial charge on any atom is 0.296 e. The molecule has 0 spiro atoms. The molecule has 2 aromatic carbocycles. The van der Waals surface area contributed by atoms with E-state index in [1.165, 1.54) is 40.9 Å². The summed E-state index contributed by atoms with van der Waals surface area (Å²) in [5, 5.41) is 6.79. The molecule has 4 rings (SSSR count). The SMILES string of the molecule is CSCC1C(=O)NC(c2ccccc2)CN1C(=O)c1noc(-c2ccc(F)cc2)n1. The van der Waals surface area contributed by atoms with E-state index in [1.807, 2.05) is 36.6 Å². The van der Waals surface area contributed by atoms with E-state index in [-0.39, 0.29) is 29.5 Å². The Morgan fingerprint density at radius 1 is 1.23 bits per heavy atom. The molecule has 0 radical (unpaired) electrons. The van der Waals surface area contributed by atoms with E-state index in [9.17, 15) is 14.0 Å². The molecule has 3 aromatic rings. The van der Waals surface area contributed by atoms with Crippen LogP contribution in [0.15, 0.2) is 59.1 Å². The minimum absolute atomic E-state index is 0.112. The van der Waals surface area contributed by atoms with Gasteiger partial charge in [0.2, 0.25) is 5.91 Å². The van der Waals surface area contributed by atoms with Crippen molar-refractivity contribution in [3.05, 3.63) is 71.8 Å². The Labute approximate surface area is 176 Å². The minimum atomic E-state index is -0.639. The van der Waals surface area contributed by atoms with Gasteiger partial charge in [-0.05, 0) is 36.1 Å². The van der Waals surface area contributed by atoms with Gasteiger partial charge in [-0.15, -0.1) is 0 Å². The van der Waals surface area contributed by atoms with Crippen LogP contribution in [0.4, 0.5) is 4.39 Å². The fourth-order valence-corrected chi connectivity index (χ4v) is 4.00. The summed E-state index contributed by atoms with van der Waals surface area (Å²) in [5.74, 6) is -0.674. The van der Waals surface area contributed by atoms with Gasteiger partial charge in [-0.25, -0.2) is 4.39 Å². The van der Waals surface area contributed by atoms with E-state index in [4.69, 9.17) is 4.52 Å². The summed E-state index contributed by atoms with van der Waals surface area (Å²) >= 11 is 1.47. The first-order valence-electron chi connectivity index (χ1n) is 9.31. The van der Waals surface area contributed by atoms with Crippen LogP contribution in [0.1, 0.15) is 22.2 Å². The molecule has 154 valence electrons. The second kappa shape index (κ2) is 8.66. The number of thioether (sulfide) groups is 1. The van der Waals surface area contributed by atoms with Crippen LogP contribution < -0.4 is 5.32 Å². The van der Waals surface area contributed by atoms with Gasteiger partial charge in [0.1, 0.15) is 11.9 Å². The highest BCUT2D eigenvalue weighted by molar-refractivity contribution is 7.98. The number of hydrogen-bond acceptors (Lipinski definition) is 6. The van der Waals surface area contributed by atoms with E-state index < -0.39 is 11.9 Å². The zero-order chi connectivity index (χ0) is 21.1. The molecule has 0 aliphatic carbocycles. The van der Waals surface area contributed by atoms with Gasteiger partial charge >= 0.3 is 0 Å². The van der Waals surface area contributed by atoms with Crippen LogP contribution in [0.2, 0.25) is 0 Å². The molecule has 7 nitrogen and oxygen atoms in total. The summed E-state index contributed by atoms with van der Waals surface area (Å²) in [5.41, 5.74) is 1.41. The molecular weight excluding hydrogens is 407 g/mol. The Morgan fingerprint density at radius 2 is 1.97 bits per heavy atom. The van der Waals surface area contributed by atoms with Crippen LogP contribution in [0.25, 0.3) is 11.5 Å². The van der Waals surface area contributed by atoms with Gasteiger partial charge in [-0.3, -0.25) is 9.59 Å². The molecule has 1 N–H and O–H groups in total. The van der Waals surface area contributed by atoms with Crippen molar-refractivity contribution >= 4 is 23.6 Å². The monoisotopic (exact) mass is 426 g/mol. The zero-order valence-electron chi connectivity index (χ0n) is 16.1. The quantitative estimate of drug-likeness (QED) is 0.675. The summed E-state index contributed by atoms with van der Waals surface area (Å²) in [4.78, 5) is 31.6. The van der Waals surface area contributed by atoms with Crippen molar-refractivity contribution in [1.29, 1.82) is 0 Å². The van der Waals surface area contributed by atoms with Crippen LogP contribution in [0, 0.1) is 5.82 Å². The third-order valence-electron chi connectivity index (χ3n) is 4.87. The number of rotatable bonds is 5. The van der Waals surface area contributed by atoms with Gasteiger partial charge in [-0.1, -0.05) is 35.5 Å². The van der Waals surface area contributed by atoms with E-state index in [0.717, 1.165) is 5.56 Å². The second-order valence-corrected chi connectivity index (χ2v) is 7.74. The lowest BCUT2D eigenvalue weighted by molar-refractivity contribution is -0.128. The van der Waals surface area contributed by atoms with Gasteiger partial charge in [0, 0.05) is 17.9 Å². The number of carbonyl (C=O) groups excluding carboxylic acids is 2. The number of aromatic nitrogens is 2. The smallest absolute Gasteiger partial charge is 0.296 e. The van der Waals surface area contributed by atoms with Crippen LogP contribution in [0.5, 0.6) is 0 Å². The Morgan fingerprint density at radius 3 is 2.67 bits per heavy atom. The third kappa shape index (κ3) is 4.06. The highest BCUT2D eigenvalue weighted by atomic mass is 32.2. The Hall–Kier alpha value is -3.20. The van der Waals surface area contributed by atoms with Crippen molar-refractivity contribution < 1.29 is 18.5 Å². The summed E-state index contributed by atoms with van der Waals surface area (Å²) in [6.45, 7) is 0.292. The van der Waals surface area contributed by atoms with Gasteiger partial charge < -0.3 is 14.7 Å². The number of amides is 2. The van der Waals surface area contributed by atoms with Crippen LogP contribution in [-0.2, 0) is 4.79 Å². The molecule has 2 heterocycles. The number of halogens is 1. The largest absolute Gasteiger partial charge is 0.346 e. The predicted molar refractivity (Wildman–Crippen MR) is 110 cm³/mol. The van der Waals surface area contributed by atoms with Gasteiger partial charge in [0.15, 0.2) is 0 Å². The van der Waals surface area contributed by atoms with Gasteiger partial charge in [0.25, 0.3) is 17.6 Å². The van der Waals surface area contributed by atoms with Crippen LogP contribution >= 0.6 is 11.8 Å². The molecule has 2 unspecified atom stereocenters. The molecule has 1 saturated heterocycles. The highest BCUT2D eigenvalue weighted by Gasteiger charge is 2.39. The second-order valence-electron chi connectivity index (χ2n) is 6.83. The number of nitrogens with one attached hydrogen (secondary N) is 1. The van der Waals surface area contributed by atoms with Crippen molar-refractivity contribution in [1.82, 2.24) is 20.4 Å². The van der Waals surface area contributed by atoms with E-state index in [1.54, 1.807) is 0 Å². The molecule has 9 heteroatoms. The molecule has 1 fully saturated rings. The molecule has 0 saturated carbocycles. The highest BCUT2D eigenvalue weighted by Crippen LogP contribution is 2.24. The number of carbonyl (C=O) groups is 2.